The van der Waals surface area contributed by atoms with E-state index in [4.69, 9.17) is 0 Å². The Bertz CT molecular complexity index is 1040. The number of amides is 2. The van der Waals surface area contributed by atoms with Crippen molar-refractivity contribution < 1.29 is 14.5 Å². The van der Waals surface area contributed by atoms with E-state index in [-0.39, 0.29) is 23.1 Å². The number of piperazine rings is 1. The van der Waals surface area contributed by atoms with Crippen molar-refractivity contribution in [1.82, 2.24) is 4.90 Å². The SMILES string of the molecule is CCCC(=O)N1CCN(c2ccc(NC(=O)c3ccc(N4CCCC4)c([N+](=O)[O-])c3)cc2)CC1. The highest BCUT2D eigenvalue weighted by Gasteiger charge is 2.24. The third-order valence-electron chi connectivity index (χ3n) is 6.47. The Morgan fingerprint density at radius 3 is 2.24 bits per heavy atom. The van der Waals surface area contributed by atoms with E-state index in [9.17, 15) is 19.7 Å². The zero-order valence-corrected chi connectivity index (χ0v) is 19.5. The Morgan fingerprint density at radius 2 is 1.62 bits per heavy atom. The number of rotatable bonds is 7. The lowest BCUT2D eigenvalue weighted by molar-refractivity contribution is -0.384. The molecule has 2 heterocycles. The van der Waals surface area contributed by atoms with E-state index < -0.39 is 4.92 Å². The van der Waals surface area contributed by atoms with Crippen LogP contribution in [0, 0.1) is 10.1 Å². The van der Waals surface area contributed by atoms with Crippen LogP contribution in [0.1, 0.15) is 43.0 Å². The van der Waals surface area contributed by atoms with Gasteiger partial charge in [-0.2, -0.15) is 0 Å². The second kappa shape index (κ2) is 10.5. The number of anilines is 3. The minimum Gasteiger partial charge on any atom is -0.368 e. The first-order valence-corrected chi connectivity index (χ1v) is 11.9. The molecule has 0 atom stereocenters. The second-order valence-electron chi connectivity index (χ2n) is 8.77. The highest BCUT2D eigenvalue weighted by molar-refractivity contribution is 6.05. The van der Waals surface area contributed by atoms with Crippen molar-refractivity contribution in [2.75, 3.05) is 54.4 Å². The molecule has 1 N–H and O–H groups in total. The van der Waals surface area contributed by atoms with Crippen LogP contribution in [0.3, 0.4) is 0 Å². The molecule has 9 nitrogen and oxygen atoms in total. The minimum atomic E-state index is -0.422. The molecule has 0 aliphatic carbocycles. The summed E-state index contributed by atoms with van der Waals surface area (Å²) in [5, 5.41) is 14.4. The molecule has 2 fully saturated rings. The summed E-state index contributed by atoms with van der Waals surface area (Å²) in [6.45, 7) is 6.57. The summed E-state index contributed by atoms with van der Waals surface area (Å²) in [7, 11) is 0. The first-order valence-electron chi connectivity index (χ1n) is 11.9. The Labute approximate surface area is 199 Å². The van der Waals surface area contributed by atoms with Crippen LogP contribution in [0.5, 0.6) is 0 Å². The molecule has 0 aromatic heterocycles. The molecule has 180 valence electrons. The summed E-state index contributed by atoms with van der Waals surface area (Å²) in [6, 6.07) is 12.2. The highest BCUT2D eigenvalue weighted by atomic mass is 16.6. The van der Waals surface area contributed by atoms with Crippen LogP contribution in [-0.2, 0) is 4.79 Å². The van der Waals surface area contributed by atoms with E-state index in [1.807, 2.05) is 41.0 Å². The van der Waals surface area contributed by atoms with Crippen molar-refractivity contribution in [3.63, 3.8) is 0 Å². The molecular formula is C25H31N5O4. The van der Waals surface area contributed by atoms with Crippen LogP contribution in [0.4, 0.5) is 22.7 Å². The first-order chi connectivity index (χ1) is 16.5. The standard InChI is InChI=1S/C25H31N5O4/c1-2-5-24(31)29-16-14-27(15-17-29)21-9-7-20(8-10-21)26-25(32)19-6-11-22(23(18-19)30(33)34)28-12-3-4-13-28/h6-11,18H,2-5,12-17H2,1H3,(H,26,32). The van der Waals surface area contributed by atoms with Crippen LogP contribution >= 0.6 is 0 Å². The van der Waals surface area contributed by atoms with Gasteiger partial charge in [0.2, 0.25) is 5.91 Å². The summed E-state index contributed by atoms with van der Waals surface area (Å²) >= 11 is 0. The molecule has 2 aromatic carbocycles. The third kappa shape index (κ3) is 5.30. The molecule has 2 aliphatic heterocycles. The summed E-state index contributed by atoms with van der Waals surface area (Å²) in [4.78, 5) is 42.2. The van der Waals surface area contributed by atoms with Gasteiger partial charge >= 0.3 is 0 Å². The Kier molecular flexibility index (Phi) is 7.30. The zero-order chi connectivity index (χ0) is 24.1. The summed E-state index contributed by atoms with van der Waals surface area (Å²) < 4.78 is 0. The van der Waals surface area contributed by atoms with Gasteiger partial charge in [-0.1, -0.05) is 6.92 Å². The molecule has 2 saturated heterocycles. The Morgan fingerprint density at radius 1 is 0.941 bits per heavy atom. The fourth-order valence-corrected chi connectivity index (χ4v) is 4.58. The van der Waals surface area contributed by atoms with Crippen molar-refractivity contribution in [1.29, 1.82) is 0 Å². The van der Waals surface area contributed by atoms with Gasteiger partial charge < -0.3 is 20.0 Å². The number of nitrogens with one attached hydrogen (secondary N) is 1. The van der Waals surface area contributed by atoms with Gasteiger partial charge in [-0.25, -0.2) is 0 Å². The van der Waals surface area contributed by atoms with Crippen LogP contribution in [0.2, 0.25) is 0 Å². The largest absolute Gasteiger partial charge is 0.368 e. The van der Waals surface area contributed by atoms with Crippen LogP contribution in [0.15, 0.2) is 42.5 Å². The van der Waals surface area contributed by atoms with Crippen LogP contribution < -0.4 is 15.1 Å². The minimum absolute atomic E-state index is 0.0403. The number of carbonyl (C=O) groups is 2. The Hall–Kier alpha value is -3.62. The Balaban J connectivity index is 1.38. The predicted octanol–water partition coefficient (Wildman–Crippen LogP) is 3.90. The molecule has 2 aliphatic rings. The molecule has 0 unspecified atom stereocenters. The lowest BCUT2D eigenvalue weighted by Gasteiger charge is -2.36. The summed E-state index contributed by atoms with van der Waals surface area (Å²) in [6.07, 6.45) is 3.49. The molecule has 0 radical (unpaired) electrons. The lowest BCUT2D eigenvalue weighted by atomic mass is 10.1. The number of nitro groups is 1. The molecule has 0 bridgehead atoms. The molecule has 4 rings (SSSR count). The van der Waals surface area contributed by atoms with Gasteiger partial charge in [0.1, 0.15) is 5.69 Å². The van der Waals surface area contributed by atoms with Gasteiger partial charge in [0, 0.05) is 68.7 Å². The average Bonchev–Trinajstić information content (AvgIpc) is 3.39. The summed E-state index contributed by atoms with van der Waals surface area (Å²) in [5.41, 5.74) is 2.44. The molecule has 2 amide bonds. The second-order valence-corrected chi connectivity index (χ2v) is 8.77. The molecule has 0 spiro atoms. The van der Waals surface area contributed by atoms with Gasteiger partial charge in [0.05, 0.1) is 4.92 Å². The molecule has 34 heavy (non-hydrogen) atoms. The smallest absolute Gasteiger partial charge is 0.293 e. The van der Waals surface area contributed by atoms with Gasteiger partial charge in [-0.05, 0) is 55.7 Å². The fraction of sp³-hybridized carbons (Fsp3) is 0.440. The number of nitrogens with zero attached hydrogens (tertiary/aromatic N) is 4. The van der Waals surface area contributed by atoms with E-state index in [1.54, 1.807) is 12.1 Å². The van der Waals surface area contributed by atoms with Gasteiger partial charge in [0.15, 0.2) is 0 Å². The maximum atomic E-state index is 12.8. The number of carbonyl (C=O) groups excluding carboxylic acids is 2. The number of benzene rings is 2. The zero-order valence-electron chi connectivity index (χ0n) is 19.5. The average molecular weight is 466 g/mol. The third-order valence-corrected chi connectivity index (χ3v) is 6.47. The van der Waals surface area contributed by atoms with E-state index >= 15 is 0 Å². The van der Waals surface area contributed by atoms with Crippen LogP contribution in [-0.4, -0.2) is 60.9 Å². The number of hydrogen-bond donors (Lipinski definition) is 1. The monoisotopic (exact) mass is 465 g/mol. The van der Waals surface area contributed by atoms with Crippen molar-refractivity contribution in [2.45, 2.75) is 32.6 Å². The van der Waals surface area contributed by atoms with E-state index in [1.165, 1.54) is 6.07 Å². The normalized spacial score (nSPS) is 16.0. The van der Waals surface area contributed by atoms with E-state index in [0.717, 1.165) is 51.1 Å². The van der Waals surface area contributed by atoms with Crippen molar-refractivity contribution in [3.8, 4) is 0 Å². The molecule has 9 heteroatoms. The molecular weight excluding hydrogens is 434 g/mol. The fourth-order valence-electron chi connectivity index (χ4n) is 4.58. The quantitative estimate of drug-likeness (QED) is 0.492. The van der Waals surface area contributed by atoms with Crippen molar-refractivity contribution in [3.05, 3.63) is 58.1 Å². The van der Waals surface area contributed by atoms with Crippen LogP contribution in [0.25, 0.3) is 0 Å². The molecule has 0 saturated carbocycles. The van der Waals surface area contributed by atoms with Gasteiger partial charge in [-0.15, -0.1) is 0 Å². The number of nitro benzene ring substituents is 1. The first kappa shape index (κ1) is 23.5. The molecule has 2 aromatic rings. The van der Waals surface area contributed by atoms with Crippen molar-refractivity contribution >= 4 is 34.6 Å². The topological polar surface area (TPSA) is 99.0 Å². The van der Waals surface area contributed by atoms with Gasteiger partial charge in [0.25, 0.3) is 11.6 Å². The van der Waals surface area contributed by atoms with Crippen molar-refractivity contribution in [2.24, 2.45) is 0 Å². The lowest BCUT2D eigenvalue weighted by Crippen LogP contribution is -2.48. The maximum Gasteiger partial charge on any atom is 0.293 e. The number of hydrogen-bond acceptors (Lipinski definition) is 6. The van der Waals surface area contributed by atoms with E-state index in [0.29, 0.717) is 30.9 Å². The summed E-state index contributed by atoms with van der Waals surface area (Å²) in [5.74, 6) is -0.166. The van der Waals surface area contributed by atoms with Gasteiger partial charge in [-0.3, -0.25) is 19.7 Å². The maximum absolute atomic E-state index is 12.8. The predicted molar refractivity (Wildman–Crippen MR) is 133 cm³/mol. The highest BCUT2D eigenvalue weighted by Crippen LogP contribution is 2.32. The van der Waals surface area contributed by atoms with E-state index in [2.05, 4.69) is 10.2 Å².